The molecule has 0 spiro atoms. The zero-order chi connectivity index (χ0) is 12.5. The average Bonchev–Trinajstić information content (AvgIpc) is 2.78. The van der Waals surface area contributed by atoms with Crippen LogP contribution in [0.3, 0.4) is 0 Å². The average molecular weight is 303 g/mol. The van der Waals surface area contributed by atoms with Gasteiger partial charge in [0.05, 0.1) is 12.6 Å². The van der Waals surface area contributed by atoms with Crippen LogP contribution in [0.5, 0.6) is 5.75 Å². The summed E-state index contributed by atoms with van der Waals surface area (Å²) in [5.41, 5.74) is 3.34. The van der Waals surface area contributed by atoms with Crippen molar-refractivity contribution in [3.8, 4) is 16.9 Å². The molecule has 4 heteroatoms. The molecule has 0 fully saturated rings. The quantitative estimate of drug-likeness (QED) is 0.720. The van der Waals surface area contributed by atoms with E-state index in [2.05, 4.69) is 33.2 Å². The highest BCUT2D eigenvalue weighted by molar-refractivity contribution is 9.10. The smallest absolute Gasteiger partial charge is 0.129 e. The van der Waals surface area contributed by atoms with Gasteiger partial charge in [-0.3, -0.25) is 0 Å². The summed E-state index contributed by atoms with van der Waals surface area (Å²) in [6.07, 6.45) is 2.02. The number of hydrogen-bond donors (Lipinski definition) is 0. The van der Waals surface area contributed by atoms with Gasteiger partial charge in [-0.2, -0.15) is 5.10 Å². The van der Waals surface area contributed by atoms with Crippen LogP contribution in [0.2, 0.25) is 0 Å². The highest BCUT2D eigenvalue weighted by Gasteiger charge is 2.02. The lowest BCUT2D eigenvalue weighted by Gasteiger charge is -2.04. The monoisotopic (exact) mass is 302 g/mol. The maximum Gasteiger partial charge on any atom is 0.129 e. The number of nitrogens with zero attached hydrogens (tertiary/aromatic N) is 2. The van der Waals surface area contributed by atoms with E-state index in [0.717, 1.165) is 27.0 Å². The molecule has 18 heavy (non-hydrogen) atoms. The van der Waals surface area contributed by atoms with Crippen molar-refractivity contribution in [3.05, 3.63) is 53.3 Å². The Balaban J connectivity index is 2.06. The molecule has 0 radical (unpaired) electrons. The summed E-state index contributed by atoms with van der Waals surface area (Å²) in [6.45, 7) is 0. The van der Waals surface area contributed by atoms with Crippen LogP contribution in [0.1, 0.15) is 0 Å². The second-order valence-electron chi connectivity index (χ2n) is 3.98. The van der Waals surface area contributed by atoms with E-state index in [4.69, 9.17) is 4.74 Å². The maximum absolute atomic E-state index is 5.15. The molecule has 2 aromatic heterocycles. The molecule has 2 heterocycles. The SMILES string of the molecule is COc1ccc(-c2ccc3cc(Br)nn3c2)cc1. The van der Waals surface area contributed by atoms with E-state index in [0.29, 0.717) is 0 Å². The molecule has 3 nitrogen and oxygen atoms in total. The molecular weight excluding hydrogens is 292 g/mol. The molecule has 0 aliphatic rings. The van der Waals surface area contributed by atoms with Gasteiger partial charge >= 0.3 is 0 Å². The van der Waals surface area contributed by atoms with Crippen molar-refractivity contribution in [3.63, 3.8) is 0 Å². The van der Waals surface area contributed by atoms with Gasteiger partial charge in [0.2, 0.25) is 0 Å². The third kappa shape index (κ3) is 1.99. The van der Waals surface area contributed by atoms with E-state index in [-0.39, 0.29) is 0 Å². The predicted octanol–water partition coefficient (Wildman–Crippen LogP) is 3.77. The number of halogens is 1. The molecule has 0 bridgehead atoms. The van der Waals surface area contributed by atoms with E-state index in [9.17, 15) is 0 Å². The highest BCUT2D eigenvalue weighted by Crippen LogP contribution is 2.23. The highest BCUT2D eigenvalue weighted by atomic mass is 79.9. The van der Waals surface area contributed by atoms with Crippen LogP contribution in [0, 0.1) is 0 Å². The summed E-state index contributed by atoms with van der Waals surface area (Å²) in [7, 11) is 1.67. The Hall–Kier alpha value is -1.81. The summed E-state index contributed by atoms with van der Waals surface area (Å²) >= 11 is 3.38. The number of rotatable bonds is 2. The van der Waals surface area contributed by atoms with Gasteiger partial charge in [-0.25, -0.2) is 4.52 Å². The molecule has 0 N–H and O–H groups in total. The standard InChI is InChI=1S/C14H11BrN2O/c1-18-13-6-3-10(4-7-13)11-2-5-12-8-14(15)16-17(12)9-11/h2-9H,1H3. The summed E-state index contributed by atoms with van der Waals surface area (Å²) in [6, 6.07) is 14.1. The minimum atomic E-state index is 0.842. The number of ether oxygens (including phenoxy) is 1. The Labute approximate surface area is 113 Å². The predicted molar refractivity (Wildman–Crippen MR) is 74.9 cm³/mol. The van der Waals surface area contributed by atoms with Crippen molar-refractivity contribution in [2.75, 3.05) is 7.11 Å². The van der Waals surface area contributed by atoms with Gasteiger partial charge in [-0.15, -0.1) is 0 Å². The van der Waals surface area contributed by atoms with E-state index >= 15 is 0 Å². The number of pyridine rings is 1. The molecular formula is C14H11BrN2O. The largest absolute Gasteiger partial charge is 0.497 e. The van der Waals surface area contributed by atoms with Crippen molar-refractivity contribution in [2.24, 2.45) is 0 Å². The number of fused-ring (bicyclic) bond motifs is 1. The zero-order valence-corrected chi connectivity index (χ0v) is 11.4. The third-order valence-electron chi connectivity index (χ3n) is 2.85. The Morgan fingerprint density at radius 2 is 1.78 bits per heavy atom. The first kappa shape index (κ1) is 11.3. The lowest BCUT2D eigenvalue weighted by atomic mass is 10.1. The summed E-state index contributed by atoms with van der Waals surface area (Å²) < 4.78 is 7.86. The van der Waals surface area contributed by atoms with Gasteiger partial charge in [0, 0.05) is 11.8 Å². The minimum Gasteiger partial charge on any atom is -0.497 e. The molecule has 0 aliphatic heterocycles. The van der Waals surface area contributed by atoms with Crippen molar-refractivity contribution >= 4 is 21.4 Å². The lowest BCUT2D eigenvalue weighted by molar-refractivity contribution is 0.415. The van der Waals surface area contributed by atoms with Gasteiger partial charge in [-0.05, 0) is 45.8 Å². The van der Waals surface area contributed by atoms with Gasteiger partial charge in [0.25, 0.3) is 0 Å². The molecule has 3 rings (SSSR count). The topological polar surface area (TPSA) is 26.5 Å². The van der Waals surface area contributed by atoms with Gasteiger partial charge in [-0.1, -0.05) is 18.2 Å². The molecule has 0 saturated heterocycles. The van der Waals surface area contributed by atoms with E-state index in [1.807, 2.05) is 41.0 Å². The van der Waals surface area contributed by atoms with Crippen molar-refractivity contribution in [1.29, 1.82) is 0 Å². The molecule has 90 valence electrons. The first-order valence-corrected chi connectivity index (χ1v) is 6.35. The molecule has 0 saturated carbocycles. The van der Waals surface area contributed by atoms with Gasteiger partial charge < -0.3 is 4.74 Å². The molecule has 0 unspecified atom stereocenters. The van der Waals surface area contributed by atoms with E-state index in [1.165, 1.54) is 0 Å². The molecule has 0 aliphatic carbocycles. The van der Waals surface area contributed by atoms with Crippen LogP contribution in [0.15, 0.2) is 53.3 Å². The van der Waals surface area contributed by atoms with Crippen molar-refractivity contribution in [2.45, 2.75) is 0 Å². The lowest BCUT2D eigenvalue weighted by Crippen LogP contribution is -1.88. The van der Waals surface area contributed by atoms with Gasteiger partial charge in [0.15, 0.2) is 0 Å². The molecule has 3 aromatic rings. The Morgan fingerprint density at radius 1 is 1.06 bits per heavy atom. The number of benzene rings is 1. The number of hydrogen-bond acceptors (Lipinski definition) is 2. The Bertz CT molecular complexity index is 689. The van der Waals surface area contributed by atoms with Crippen LogP contribution in [-0.4, -0.2) is 16.7 Å². The normalized spacial score (nSPS) is 10.8. The van der Waals surface area contributed by atoms with E-state index in [1.54, 1.807) is 7.11 Å². The fourth-order valence-corrected chi connectivity index (χ4v) is 2.32. The molecule has 0 atom stereocenters. The first-order valence-electron chi connectivity index (χ1n) is 5.55. The molecule has 0 amide bonds. The van der Waals surface area contributed by atoms with Crippen LogP contribution in [-0.2, 0) is 0 Å². The van der Waals surface area contributed by atoms with Gasteiger partial charge in [0.1, 0.15) is 10.4 Å². The summed E-state index contributed by atoms with van der Waals surface area (Å²) in [5, 5.41) is 4.34. The third-order valence-corrected chi connectivity index (χ3v) is 3.24. The Morgan fingerprint density at radius 3 is 2.50 bits per heavy atom. The van der Waals surface area contributed by atoms with Crippen molar-refractivity contribution < 1.29 is 4.74 Å². The maximum atomic E-state index is 5.15. The summed E-state index contributed by atoms with van der Waals surface area (Å²) in [4.78, 5) is 0. The Kier molecular flexibility index (Phi) is 2.80. The number of aromatic nitrogens is 2. The first-order chi connectivity index (χ1) is 8.76. The number of methoxy groups -OCH3 is 1. The minimum absolute atomic E-state index is 0.842. The fourth-order valence-electron chi connectivity index (χ4n) is 1.91. The summed E-state index contributed by atoms with van der Waals surface area (Å²) in [5.74, 6) is 0.863. The van der Waals surface area contributed by atoms with Crippen molar-refractivity contribution in [1.82, 2.24) is 9.61 Å². The fraction of sp³-hybridized carbons (Fsp3) is 0.0714. The molecule has 1 aromatic carbocycles. The zero-order valence-electron chi connectivity index (χ0n) is 9.80. The van der Waals surface area contributed by atoms with Crippen LogP contribution < -0.4 is 4.74 Å². The second kappa shape index (κ2) is 4.46. The van der Waals surface area contributed by atoms with E-state index < -0.39 is 0 Å². The van der Waals surface area contributed by atoms with Crippen LogP contribution in [0.4, 0.5) is 0 Å². The van der Waals surface area contributed by atoms with Crippen LogP contribution >= 0.6 is 15.9 Å². The van der Waals surface area contributed by atoms with Crippen LogP contribution in [0.25, 0.3) is 16.6 Å². The second-order valence-corrected chi connectivity index (χ2v) is 4.80.